The quantitative estimate of drug-likeness (QED) is 0.161. The van der Waals surface area contributed by atoms with Crippen LogP contribution in [0.3, 0.4) is 0 Å². The molecular weight excluding hydrogens is 805 g/mol. The Morgan fingerprint density at radius 3 is 1.35 bits per heavy atom. The topological polar surface area (TPSA) is 25.8 Å². The van der Waals surface area contributed by atoms with E-state index in [0.29, 0.717) is 5.82 Å². The Balaban J connectivity index is 0.860. The molecule has 0 atom stereocenters. The van der Waals surface area contributed by atoms with Gasteiger partial charge in [-0.2, -0.15) is 0 Å². The molecule has 0 unspecified atom stereocenters. The third-order valence-electron chi connectivity index (χ3n) is 13.6. The van der Waals surface area contributed by atoms with Gasteiger partial charge in [0.05, 0.1) is 11.4 Å². The molecule has 0 saturated heterocycles. The molecule has 0 saturated carbocycles. The van der Waals surface area contributed by atoms with Gasteiger partial charge in [-0.3, -0.25) is 0 Å². The summed E-state index contributed by atoms with van der Waals surface area (Å²) < 4.78 is 2.58. The molecular formula is C62H36N2S. The second-order valence-corrected chi connectivity index (χ2v) is 18.3. The predicted octanol–water partition coefficient (Wildman–Crippen LogP) is 17.5. The van der Waals surface area contributed by atoms with E-state index in [1.54, 1.807) is 0 Å². The lowest BCUT2D eigenvalue weighted by molar-refractivity contribution is 1.18. The maximum atomic E-state index is 5.14. The molecule has 2 heterocycles. The lowest BCUT2D eigenvalue weighted by Crippen LogP contribution is -1.96. The van der Waals surface area contributed by atoms with Gasteiger partial charge >= 0.3 is 0 Å². The van der Waals surface area contributed by atoms with Crippen molar-refractivity contribution in [3.05, 3.63) is 218 Å². The van der Waals surface area contributed by atoms with Crippen molar-refractivity contribution >= 4 is 96.1 Å². The van der Waals surface area contributed by atoms with Gasteiger partial charge in [0.2, 0.25) is 0 Å². The summed E-state index contributed by atoms with van der Waals surface area (Å²) in [6.07, 6.45) is 0. The van der Waals surface area contributed by atoms with Gasteiger partial charge in [0.15, 0.2) is 5.82 Å². The Labute approximate surface area is 378 Å². The van der Waals surface area contributed by atoms with Gasteiger partial charge in [-0.05, 0) is 123 Å². The van der Waals surface area contributed by atoms with Crippen LogP contribution in [-0.2, 0) is 0 Å². The maximum Gasteiger partial charge on any atom is 0.160 e. The molecule has 2 aromatic heterocycles. The number of thiophene rings is 1. The first-order chi connectivity index (χ1) is 32.2. The molecule has 12 aromatic carbocycles. The molecule has 3 heteroatoms. The van der Waals surface area contributed by atoms with Crippen LogP contribution in [0.4, 0.5) is 0 Å². The molecule has 300 valence electrons. The molecule has 2 nitrogen and oxygen atoms in total. The van der Waals surface area contributed by atoms with Crippen molar-refractivity contribution < 1.29 is 0 Å². The molecule has 0 radical (unpaired) electrons. The van der Waals surface area contributed by atoms with Crippen LogP contribution in [0.5, 0.6) is 0 Å². The first kappa shape index (κ1) is 36.3. The monoisotopic (exact) mass is 840 g/mol. The summed E-state index contributed by atoms with van der Waals surface area (Å²) in [5.41, 5.74) is 9.67. The average molecular weight is 841 g/mol. The van der Waals surface area contributed by atoms with E-state index >= 15 is 0 Å². The van der Waals surface area contributed by atoms with Crippen LogP contribution in [-0.4, -0.2) is 9.97 Å². The number of aromatic nitrogens is 2. The Hall–Kier alpha value is -8.24. The second-order valence-electron chi connectivity index (χ2n) is 17.3. The average Bonchev–Trinajstić information content (AvgIpc) is 3.75. The van der Waals surface area contributed by atoms with E-state index in [9.17, 15) is 0 Å². The van der Waals surface area contributed by atoms with Gasteiger partial charge in [0.25, 0.3) is 0 Å². The molecule has 14 rings (SSSR count). The van der Waals surface area contributed by atoms with Crippen LogP contribution >= 0.6 is 11.3 Å². The minimum atomic E-state index is 0.717. The lowest BCUT2D eigenvalue weighted by atomic mass is 9.86. The first-order valence-electron chi connectivity index (χ1n) is 22.2. The fraction of sp³-hybridized carbons (Fsp3) is 0. The van der Waals surface area contributed by atoms with Crippen LogP contribution < -0.4 is 0 Å². The van der Waals surface area contributed by atoms with Gasteiger partial charge < -0.3 is 0 Å². The van der Waals surface area contributed by atoms with Crippen LogP contribution in [0.25, 0.3) is 141 Å². The highest BCUT2D eigenvalue weighted by molar-refractivity contribution is 7.25. The van der Waals surface area contributed by atoms with E-state index in [-0.39, 0.29) is 0 Å². The molecule has 0 aliphatic heterocycles. The van der Waals surface area contributed by atoms with Gasteiger partial charge in [0.1, 0.15) is 0 Å². The number of rotatable bonds is 5. The standard InChI is InChI=1S/C62H36N2S/c1-2-9-44(10-3-1)62-63-54(36-55(64-62)45-31-32-57-52(34-45)48-14-4-5-18-56(48)65-57)40-25-23-38(24-26-40)37-19-21-39(22-20-37)47-33-46-30-29-43-12-7-16-50-49-15-6-11-41-27-28-42-13-8-17-51(60(42)58(41)49)53(35-47)61(46)59(43)50/h1-36H. The molecule has 0 bridgehead atoms. The number of hydrogen-bond acceptors (Lipinski definition) is 3. The molecule has 0 aliphatic carbocycles. The SMILES string of the molecule is c1ccc(-c2nc(-c3ccc(-c4ccc(-c5cc6ccc7cccc8c9cccc%10ccc%11cccc(c(c5)c6c78)c%11c%109)cc4)cc3)cc(-c3ccc4sc5ccccc5c4c3)n2)cc1. The fourth-order valence-corrected chi connectivity index (χ4v) is 11.6. The number of benzene rings is 11. The summed E-state index contributed by atoms with van der Waals surface area (Å²) in [7, 11) is 0. The smallest absolute Gasteiger partial charge is 0.160 e. The van der Waals surface area contributed by atoms with Crippen LogP contribution in [0, 0.1) is 0 Å². The van der Waals surface area contributed by atoms with Gasteiger partial charge in [0, 0.05) is 36.9 Å². The Morgan fingerprint density at radius 2 is 0.708 bits per heavy atom. The van der Waals surface area contributed by atoms with Gasteiger partial charge in [-0.15, -0.1) is 11.3 Å². The normalized spacial score (nSPS) is 12.0. The Bertz CT molecular complexity index is 4200. The van der Waals surface area contributed by atoms with E-state index in [1.807, 2.05) is 29.5 Å². The van der Waals surface area contributed by atoms with Crippen LogP contribution in [0.1, 0.15) is 0 Å². The van der Waals surface area contributed by atoms with E-state index in [2.05, 4.69) is 200 Å². The summed E-state index contributed by atoms with van der Waals surface area (Å²) in [5, 5.41) is 18.1. The van der Waals surface area contributed by atoms with Crippen LogP contribution in [0.15, 0.2) is 218 Å². The highest BCUT2D eigenvalue weighted by atomic mass is 32.1. The van der Waals surface area contributed by atoms with Crippen molar-refractivity contribution in [2.24, 2.45) is 0 Å². The predicted molar refractivity (Wildman–Crippen MR) is 278 cm³/mol. The number of fused-ring (bicyclic) bond motifs is 5. The third kappa shape index (κ3) is 5.73. The van der Waals surface area contributed by atoms with Crippen molar-refractivity contribution in [1.82, 2.24) is 9.97 Å². The van der Waals surface area contributed by atoms with E-state index in [1.165, 1.54) is 101 Å². The molecule has 14 aromatic rings. The Morgan fingerprint density at radius 1 is 0.246 bits per heavy atom. The number of hydrogen-bond donors (Lipinski definition) is 0. The van der Waals surface area contributed by atoms with E-state index in [0.717, 1.165) is 33.6 Å². The maximum absolute atomic E-state index is 5.14. The van der Waals surface area contributed by atoms with Gasteiger partial charge in [-0.1, -0.05) is 182 Å². The zero-order chi connectivity index (χ0) is 42.6. The summed E-state index contributed by atoms with van der Waals surface area (Å²) in [6.45, 7) is 0. The van der Waals surface area contributed by atoms with Gasteiger partial charge in [-0.25, -0.2) is 9.97 Å². The largest absolute Gasteiger partial charge is 0.228 e. The van der Waals surface area contributed by atoms with Crippen LogP contribution in [0.2, 0.25) is 0 Å². The summed E-state index contributed by atoms with van der Waals surface area (Å²) in [5.74, 6) is 0.717. The highest BCUT2D eigenvalue weighted by Gasteiger charge is 2.17. The zero-order valence-corrected chi connectivity index (χ0v) is 35.9. The lowest BCUT2D eigenvalue weighted by Gasteiger charge is -2.17. The van der Waals surface area contributed by atoms with Crippen molar-refractivity contribution in [3.8, 4) is 56.2 Å². The van der Waals surface area contributed by atoms with E-state index in [4.69, 9.17) is 9.97 Å². The molecule has 0 fully saturated rings. The summed E-state index contributed by atoms with van der Waals surface area (Å²) in [6, 6.07) is 80.0. The van der Waals surface area contributed by atoms with Crippen molar-refractivity contribution in [2.45, 2.75) is 0 Å². The Kier molecular flexibility index (Phi) is 7.89. The molecule has 0 amide bonds. The van der Waals surface area contributed by atoms with Crippen molar-refractivity contribution in [2.75, 3.05) is 0 Å². The summed E-state index contributed by atoms with van der Waals surface area (Å²) in [4.78, 5) is 10.3. The summed E-state index contributed by atoms with van der Waals surface area (Å²) >= 11 is 1.83. The zero-order valence-electron chi connectivity index (χ0n) is 35.1. The molecule has 0 N–H and O–H groups in total. The highest BCUT2D eigenvalue weighted by Crippen LogP contribution is 2.45. The van der Waals surface area contributed by atoms with Crippen molar-refractivity contribution in [3.63, 3.8) is 0 Å². The third-order valence-corrected chi connectivity index (χ3v) is 14.7. The fourth-order valence-electron chi connectivity index (χ4n) is 10.5. The molecule has 65 heavy (non-hydrogen) atoms. The molecule has 0 aliphatic rings. The minimum absolute atomic E-state index is 0.717. The first-order valence-corrected chi connectivity index (χ1v) is 23.0. The number of nitrogens with zero attached hydrogens (tertiary/aromatic N) is 2. The minimum Gasteiger partial charge on any atom is -0.228 e. The van der Waals surface area contributed by atoms with E-state index < -0.39 is 0 Å². The molecule has 0 spiro atoms. The second kappa shape index (κ2) is 14.1. The van der Waals surface area contributed by atoms with Crippen molar-refractivity contribution in [1.29, 1.82) is 0 Å².